The van der Waals surface area contributed by atoms with E-state index >= 15 is 0 Å². The zero-order chi connectivity index (χ0) is 35.0. The number of hydrogen-bond donors (Lipinski definition) is 0. The molecule has 2 aromatic heterocycles. The average molecular weight is 673 g/mol. The fraction of sp³-hybridized carbons (Fsp3) is 0.188. The molecular weight excluding hydrogens is 633 g/mol. The molecule has 6 aromatic carbocycles. The molecule has 0 saturated heterocycles. The Balaban J connectivity index is 1.03. The summed E-state index contributed by atoms with van der Waals surface area (Å²) in [5.74, 6) is 3.19. The minimum Gasteiger partial charge on any atom is -0.292 e. The first-order chi connectivity index (χ1) is 25.5. The molecule has 2 saturated carbocycles. The molecule has 2 aliphatic carbocycles. The normalized spacial score (nSPS) is 19.4. The van der Waals surface area contributed by atoms with Crippen molar-refractivity contribution in [2.24, 2.45) is 11.8 Å². The molecule has 52 heavy (non-hydrogen) atoms. The standard InChI is InChI=1S/C48H40N4/c1-4-30(2)37-27-44-43(29-38(37)48(3)39-28-40(39)48)51-47(52(44)36-15-9-6-10-16-36)35-25-21-32(22-26-35)31-19-23-34(24-20-31)46-45(33-13-7-5-8-14-33)49-41-17-11-12-18-42(41)50-46/h5-27,29-30,39-40H,4,28H2,1-3H3. The summed E-state index contributed by atoms with van der Waals surface area (Å²) in [5, 5.41) is 0. The van der Waals surface area contributed by atoms with E-state index < -0.39 is 0 Å². The van der Waals surface area contributed by atoms with Crippen LogP contribution in [0.4, 0.5) is 0 Å². The summed E-state index contributed by atoms with van der Waals surface area (Å²) >= 11 is 0. The van der Waals surface area contributed by atoms with E-state index in [1.54, 1.807) is 0 Å². The second-order valence-corrected chi connectivity index (χ2v) is 15.0. The van der Waals surface area contributed by atoms with Crippen molar-refractivity contribution >= 4 is 22.1 Å². The summed E-state index contributed by atoms with van der Waals surface area (Å²) < 4.78 is 2.36. The summed E-state index contributed by atoms with van der Waals surface area (Å²) in [6.45, 7) is 7.18. The van der Waals surface area contributed by atoms with Crippen LogP contribution in [0.5, 0.6) is 0 Å². The number of rotatable bonds is 8. The van der Waals surface area contributed by atoms with Crippen LogP contribution >= 0.6 is 0 Å². The van der Waals surface area contributed by atoms with Crippen molar-refractivity contribution in [3.8, 4) is 50.7 Å². The number of para-hydroxylation sites is 3. The number of nitrogens with zero attached hydrogens (tertiary/aromatic N) is 4. The van der Waals surface area contributed by atoms with Gasteiger partial charge < -0.3 is 0 Å². The fourth-order valence-electron chi connectivity index (χ4n) is 8.52. The molecule has 0 spiro atoms. The Kier molecular flexibility index (Phi) is 7.04. The summed E-state index contributed by atoms with van der Waals surface area (Å²) in [7, 11) is 0. The molecule has 0 N–H and O–H groups in total. The lowest BCUT2D eigenvalue weighted by Gasteiger charge is -2.24. The quantitative estimate of drug-likeness (QED) is 0.161. The topological polar surface area (TPSA) is 43.6 Å². The minimum absolute atomic E-state index is 0.324. The first-order valence-corrected chi connectivity index (χ1v) is 18.7. The highest BCUT2D eigenvalue weighted by Crippen LogP contribution is 2.78. The van der Waals surface area contributed by atoms with Crippen LogP contribution in [-0.4, -0.2) is 19.5 Å². The Bertz CT molecular complexity index is 2600. The van der Waals surface area contributed by atoms with Gasteiger partial charge in [0.1, 0.15) is 5.82 Å². The van der Waals surface area contributed by atoms with Crippen LogP contribution < -0.4 is 0 Å². The number of hydrogen-bond acceptors (Lipinski definition) is 3. The molecule has 4 heteroatoms. The fourth-order valence-corrected chi connectivity index (χ4v) is 8.52. The smallest absolute Gasteiger partial charge is 0.145 e. The second-order valence-electron chi connectivity index (χ2n) is 15.0. The van der Waals surface area contributed by atoms with Gasteiger partial charge in [-0.15, -0.1) is 0 Å². The van der Waals surface area contributed by atoms with Crippen molar-refractivity contribution in [3.05, 3.63) is 157 Å². The number of benzene rings is 6. The third kappa shape index (κ3) is 4.92. The highest BCUT2D eigenvalue weighted by Gasteiger charge is 2.74. The van der Waals surface area contributed by atoms with Crippen LogP contribution in [0, 0.1) is 11.8 Å². The Morgan fingerprint density at radius 1 is 0.596 bits per heavy atom. The molecule has 2 heterocycles. The van der Waals surface area contributed by atoms with E-state index in [4.69, 9.17) is 15.0 Å². The van der Waals surface area contributed by atoms with Crippen molar-refractivity contribution in [2.75, 3.05) is 0 Å². The predicted molar refractivity (Wildman–Crippen MR) is 214 cm³/mol. The Morgan fingerprint density at radius 2 is 1.12 bits per heavy atom. The highest BCUT2D eigenvalue weighted by molar-refractivity contribution is 5.88. The first kappa shape index (κ1) is 30.9. The van der Waals surface area contributed by atoms with E-state index in [0.717, 1.165) is 85.5 Å². The van der Waals surface area contributed by atoms with Crippen LogP contribution in [0.3, 0.4) is 0 Å². The van der Waals surface area contributed by atoms with Crippen molar-refractivity contribution in [1.82, 2.24) is 19.5 Å². The Hall–Kier alpha value is -5.87. The lowest BCUT2D eigenvalue weighted by atomic mass is 9.80. The molecule has 2 aliphatic rings. The molecule has 3 unspecified atom stereocenters. The van der Waals surface area contributed by atoms with E-state index in [1.165, 1.54) is 23.1 Å². The lowest BCUT2D eigenvalue weighted by molar-refractivity contribution is 0.549. The largest absolute Gasteiger partial charge is 0.292 e. The van der Waals surface area contributed by atoms with Gasteiger partial charge in [-0.05, 0) is 94.7 Å². The van der Waals surface area contributed by atoms with Crippen molar-refractivity contribution in [1.29, 1.82) is 0 Å². The van der Waals surface area contributed by atoms with Gasteiger partial charge in [0.2, 0.25) is 0 Å². The summed E-state index contributed by atoms with van der Waals surface area (Å²) in [5.41, 5.74) is 15.8. The van der Waals surface area contributed by atoms with E-state index in [0.29, 0.717) is 11.3 Å². The molecule has 8 aromatic rings. The van der Waals surface area contributed by atoms with Gasteiger partial charge in [-0.3, -0.25) is 4.57 Å². The third-order valence-electron chi connectivity index (χ3n) is 12.0. The van der Waals surface area contributed by atoms with Gasteiger partial charge in [0.05, 0.1) is 33.5 Å². The summed E-state index contributed by atoms with van der Waals surface area (Å²) in [4.78, 5) is 15.5. The van der Waals surface area contributed by atoms with Gasteiger partial charge in [0.25, 0.3) is 0 Å². The molecule has 252 valence electrons. The zero-order valence-electron chi connectivity index (χ0n) is 29.8. The molecule has 3 atom stereocenters. The van der Waals surface area contributed by atoms with Gasteiger partial charge in [0.15, 0.2) is 0 Å². The van der Waals surface area contributed by atoms with Crippen molar-refractivity contribution in [3.63, 3.8) is 0 Å². The number of aromatic nitrogens is 4. The SMILES string of the molecule is CCC(C)c1cc2c(cc1C1(C)C3CC31)nc(-c1ccc(-c3ccc(-c4nc5ccccc5nc4-c4ccccc4)cc3)cc1)n2-c1ccccc1. The van der Waals surface area contributed by atoms with Crippen LogP contribution in [0.1, 0.15) is 50.7 Å². The van der Waals surface area contributed by atoms with Gasteiger partial charge >= 0.3 is 0 Å². The molecule has 10 rings (SSSR count). The lowest BCUT2D eigenvalue weighted by Crippen LogP contribution is -2.16. The van der Waals surface area contributed by atoms with Gasteiger partial charge in [0, 0.05) is 22.4 Å². The Morgan fingerprint density at radius 3 is 1.67 bits per heavy atom. The molecule has 2 fully saturated rings. The minimum atomic E-state index is 0.324. The number of fused-ring (bicyclic) bond motifs is 3. The molecule has 0 bridgehead atoms. The second kappa shape index (κ2) is 11.8. The van der Waals surface area contributed by atoms with Crippen LogP contribution in [0.25, 0.3) is 72.8 Å². The van der Waals surface area contributed by atoms with Crippen LogP contribution in [0.2, 0.25) is 0 Å². The predicted octanol–water partition coefficient (Wildman–Crippen LogP) is 12.1. The molecule has 0 amide bonds. The maximum absolute atomic E-state index is 5.38. The van der Waals surface area contributed by atoms with E-state index in [1.807, 2.05) is 30.3 Å². The molecule has 4 nitrogen and oxygen atoms in total. The maximum atomic E-state index is 5.38. The van der Waals surface area contributed by atoms with E-state index in [9.17, 15) is 0 Å². The average Bonchev–Trinajstić information content (AvgIpc) is 4.10. The first-order valence-electron chi connectivity index (χ1n) is 18.7. The van der Waals surface area contributed by atoms with Gasteiger partial charge in [-0.2, -0.15) is 0 Å². The van der Waals surface area contributed by atoms with E-state index in [2.05, 4.69) is 141 Å². The zero-order valence-corrected chi connectivity index (χ0v) is 29.8. The van der Waals surface area contributed by atoms with Gasteiger partial charge in [-0.1, -0.05) is 130 Å². The molecular formula is C48H40N4. The molecule has 0 aliphatic heterocycles. The Labute approximate surface area is 304 Å². The summed E-state index contributed by atoms with van der Waals surface area (Å²) in [6.07, 6.45) is 2.52. The van der Waals surface area contributed by atoms with Crippen molar-refractivity contribution < 1.29 is 0 Å². The number of imidazole rings is 1. The van der Waals surface area contributed by atoms with E-state index in [-0.39, 0.29) is 0 Å². The van der Waals surface area contributed by atoms with Crippen molar-refractivity contribution in [2.45, 2.75) is 44.9 Å². The third-order valence-corrected chi connectivity index (χ3v) is 12.0. The van der Waals surface area contributed by atoms with Crippen LogP contribution in [0.15, 0.2) is 146 Å². The molecule has 0 radical (unpaired) electrons. The van der Waals surface area contributed by atoms with Crippen LogP contribution in [-0.2, 0) is 5.41 Å². The monoisotopic (exact) mass is 672 g/mol. The maximum Gasteiger partial charge on any atom is 0.145 e. The highest BCUT2D eigenvalue weighted by atomic mass is 15.1. The van der Waals surface area contributed by atoms with Gasteiger partial charge in [-0.25, -0.2) is 15.0 Å². The summed E-state index contributed by atoms with van der Waals surface area (Å²) in [6, 6.07) is 51.6.